The lowest BCUT2D eigenvalue weighted by molar-refractivity contribution is 0.105. The molecule has 1 aromatic carbocycles. The molecule has 0 aliphatic rings. The molecule has 0 saturated heterocycles. The van der Waals surface area contributed by atoms with Gasteiger partial charge in [-0.3, -0.25) is 10.2 Å². The summed E-state index contributed by atoms with van der Waals surface area (Å²) in [7, 11) is 0. The summed E-state index contributed by atoms with van der Waals surface area (Å²) in [5, 5.41) is 17.5. The number of rotatable bonds is 4. The Bertz CT molecular complexity index is 824. The Morgan fingerprint density at radius 2 is 1.88 bits per heavy atom. The third-order valence-electron chi connectivity index (χ3n) is 2.96. The first-order valence-electron chi connectivity index (χ1n) is 6.92. The SMILES string of the molecule is CC(C)(C)c1cc(C(=O)/C(C#N)=N/Nc2cc(Cl)cc(Cl)c2)no1. The largest absolute Gasteiger partial charge is 0.360 e. The number of aromatic nitrogens is 1. The molecule has 0 amide bonds. The van der Waals surface area contributed by atoms with Crippen LogP contribution in [0.4, 0.5) is 5.69 Å². The maximum Gasteiger partial charge on any atom is 0.245 e. The Morgan fingerprint density at radius 1 is 1.25 bits per heavy atom. The predicted octanol–water partition coefficient (Wildman–Crippen LogP) is 4.45. The van der Waals surface area contributed by atoms with E-state index in [-0.39, 0.29) is 16.8 Å². The second kappa shape index (κ2) is 7.04. The van der Waals surface area contributed by atoms with Crippen LogP contribution in [0, 0.1) is 11.3 Å². The molecule has 0 unspecified atom stereocenters. The zero-order valence-electron chi connectivity index (χ0n) is 13.2. The van der Waals surface area contributed by atoms with E-state index in [9.17, 15) is 4.79 Å². The van der Waals surface area contributed by atoms with Gasteiger partial charge in [0.25, 0.3) is 0 Å². The van der Waals surface area contributed by atoms with E-state index in [0.29, 0.717) is 21.5 Å². The van der Waals surface area contributed by atoms with Gasteiger partial charge in [0.15, 0.2) is 5.69 Å². The van der Waals surface area contributed by atoms with E-state index in [0.717, 1.165) is 0 Å². The van der Waals surface area contributed by atoms with Gasteiger partial charge in [-0.25, -0.2) is 0 Å². The van der Waals surface area contributed by atoms with Crippen LogP contribution in [0.1, 0.15) is 37.0 Å². The van der Waals surface area contributed by atoms with Crippen molar-refractivity contribution in [2.75, 3.05) is 5.43 Å². The van der Waals surface area contributed by atoms with Gasteiger partial charge >= 0.3 is 0 Å². The van der Waals surface area contributed by atoms with Crippen LogP contribution in [-0.4, -0.2) is 16.7 Å². The van der Waals surface area contributed by atoms with Crippen molar-refractivity contribution in [1.29, 1.82) is 5.26 Å². The Morgan fingerprint density at radius 3 is 2.38 bits per heavy atom. The monoisotopic (exact) mass is 364 g/mol. The standard InChI is InChI=1S/C16H14Cl2N4O2/c1-16(2,3)14-7-12(22-24-14)15(23)13(8-19)21-20-11-5-9(17)4-10(18)6-11/h4-7,20H,1-3H3/b21-13+. The van der Waals surface area contributed by atoms with Gasteiger partial charge in [0.2, 0.25) is 11.5 Å². The molecule has 0 saturated carbocycles. The van der Waals surface area contributed by atoms with E-state index in [1.54, 1.807) is 24.3 Å². The molecule has 0 fully saturated rings. The minimum Gasteiger partial charge on any atom is -0.360 e. The summed E-state index contributed by atoms with van der Waals surface area (Å²) in [6.07, 6.45) is 0. The first kappa shape index (κ1) is 18.0. The number of nitrogens with zero attached hydrogens (tertiary/aromatic N) is 3. The molecular formula is C16H14Cl2N4O2. The Kier molecular flexibility index (Phi) is 5.27. The van der Waals surface area contributed by atoms with Gasteiger partial charge in [-0.1, -0.05) is 49.1 Å². The minimum atomic E-state index is -0.641. The lowest BCUT2D eigenvalue weighted by Gasteiger charge is -2.11. The van der Waals surface area contributed by atoms with E-state index in [1.165, 1.54) is 6.07 Å². The predicted molar refractivity (Wildman–Crippen MR) is 92.7 cm³/mol. The van der Waals surface area contributed by atoms with Crippen molar-refractivity contribution in [1.82, 2.24) is 5.16 Å². The number of ketones is 1. The van der Waals surface area contributed by atoms with Crippen LogP contribution in [0.5, 0.6) is 0 Å². The molecule has 1 aromatic heterocycles. The molecule has 0 spiro atoms. The number of nitriles is 1. The topological polar surface area (TPSA) is 91.3 Å². The second-order valence-electron chi connectivity index (χ2n) is 6.00. The quantitative estimate of drug-likeness (QED) is 0.491. The summed E-state index contributed by atoms with van der Waals surface area (Å²) in [4.78, 5) is 12.3. The van der Waals surface area contributed by atoms with Gasteiger partial charge in [-0.05, 0) is 18.2 Å². The van der Waals surface area contributed by atoms with Gasteiger partial charge < -0.3 is 4.52 Å². The van der Waals surface area contributed by atoms with E-state index in [2.05, 4.69) is 15.7 Å². The molecule has 1 N–H and O–H groups in total. The molecule has 0 aliphatic heterocycles. The van der Waals surface area contributed by atoms with Crippen molar-refractivity contribution >= 4 is 40.4 Å². The number of hydrazone groups is 1. The highest BCUT2D eigenvalue weighted by Gasteiger charge is 2.24. The molecule has 2 aromatic rings. The number of hydrogen-bond donors (Lipinski definition) is 1. The molecule has 24 heavy (non-hydrogen) atoms. The van der Waals surface area contributed by atoms with Crippen molar-refractivity contribution in [3.8, 4) is 6.07 Å². The molecule has 124 valence electrons. The van der Waals surface area contributed by atoms with Crippen molar-refractivity contribution in [2.24, 2.45) is 5.10 Å². The molecule has 2 rings (SSSR count). The summed E-state index contributed by atoms with van der Waals surface area (Å²) in [5.74, 6) is -0.102. The van der Waals surface area contributed by atoms with Crippen molar-refractivity contribution in [2.45, 2.75) is 26.2 Å². The van der Waals surface area contributed by atoms with Crippen LogP contribution in [-0.2, 0) is 5.41 Å². The third-order valence-corrected chi connectivity index (χ3v) is 3.40. The normalized spacial score (nSPS) is 11.9. The number of nitrogens with one attached hydrogen (secondary N) is 1. The number of carbonyl (C=O) groups excluding carboxylic acids is 1. The maximum atomic E-state index is 12.3. The number of benzene rings is 1. The number of hydrogen-bond acceptors (Lipinski definition) is 6. The third kappa shape index (κ3) is 4.34. The van der Waals surface area contributed by atoms with Gasteiger partial charge in [0.1, 0.15) is 11.8 Å². The average molecular weight is 365 g/mol. The lowest BCUT2D eigenvalue weighted by atomic mass is 9.93. The fourth-order valence-electron chi connectivity index (χ4n) is 1.72. The first-order chi connectivity index (χ1) is 11.2. The first-order valence-corrected chi connectivity index (χ1v) is 7.68. The molecule has 0 bridgehead atoms. The van der Waals surface area contributed by atoms with Crippen molar-refractivity contribution < 1.29 is 9.32 Å². The van der Waals surface area contributed by atoms with E-state index >= 15 is 0 Å². The van der Waals surface area contributed by atoms with Crippen LogP contribution >= 0.6 is 23.2 Å². The highest BCUT2D eigenvalue weighted by Crippen LogP contribution is 2.24. The molecule has 8 heteroatoms. The van der Waals surface area contributed by atoms with Crippen molar-refractivity contribution in [3.05, 3.63) is 45.8 Å². The Hall–Kier alpha value is -2.36. The van der Waals surface area contributed by atoms with Crippen LogP contribution in [0.15, 0.2) is 33.9 Å². The second-order valence-corrected chi connectivity index (χ2v) is 6.87. The smallest absolute Gasteiger partial charge is 0.245 e. The average Bonchev–Trinajstić information content (AvgIpc) is 2.96. The number of halogens is 2. The van der Waals surface area contributed by atoms with Gasteiger partial charge in [0, 0.05) is 21.5 Å². The summed E-state index contributed by atoms with van der Waals surface area (Å²) >= 11 is 11.8. The van der Waals surface area contributed by atoms with E-state index < -0.39 is 5.78 Å². The summed E-state index contributed by atoms with van der Waals surface area (Å²) in [6, 6.07) is 7.92. The molecule has 0 radical (unpaired) electrons. The van der Waals surface area contributed by atoms with Gasteiger partial charge in [0.05, 0.1) is 5.69 Å². The fraction of sp³-hybridized carbons (Fsp3) is 0.250. The molecular weight excluding hydrogens is 351 g/mol. The maximum absolute atomic E-state index is 12.3. The van der Waals surface area contributed by atoms with Gasteiger partial charge in [-0.2, -0.15) is 10.4 Å². The molecule has 6 nitrogen and oxygen atoms in total. The lowest BCUT2D eigenvalue weighted by Crippen LogP contribution is -2.15. The van der Waals surface area contributed by atoms with E-state index in [1.807, 2.05) is 20.8 Å². The summed E-state index contributed by atoms with van der Waals surface area (Å²) in [5.41, 5.74) is 2.39. The summed E-state index contributed by atoms with van der Waals surface area (Å²) < 4.78 is 5.15. The fourth-order valence-corrected chi connectivity index (χ4v) is 2.25. The Balaban J connectivity index is 2.22. The summed E-state index contributed by atoms with van der Waals surface area (Å²) in [6.45, 7) is 5.77. The highest BCUT2D eigenvalue weighted by atomic mass is 35.5. The zero-order chi connectivity index (χ0) is 17.9. The Labute approximate surface area is 149 Å². The molecule has 0 atom stereocenters. The van der Waals surface area contributed by atoms with E-state index in [4.69, 9.17) is 33.0 Å². The number of anilines is 1. The van der Waals surface area contributed by atoms with Crippen LogP contribution in [0.3, 0.4) is 0 Å². The van der Waals surface area contributed by atoms with Crippen molar-refractivity contribution in [3.63, 3.8) is 0 Å². The number of carbonyl (C=O) groups is 1. The van der Waals surface area contributed by atoms with Gasteiger partial charge in [-0.15, -0.1) is 0 Å². The minimum absolute atomic E-state index is 0.0196. The molecule has 1 heterocycles. The van der Waals surface area contributed by atoms with Crippen LogP contribution in [0.2, 0.25) is 10.0 Å². The number of Topliss-reactive ketones (excluding diaryl/α,β-unsaturated/α-hetero) is 1. The van der Waals surface area contributed by atoms with Crippen LogP contribution in [0.25, 0.3) is 0 Å². The highest BCUT2D eigenvalue weighted by molar-refractivity contribution is 6.51. The molecule has 0 aliphatic carbocycles. The van der Waals surface area contributed by atoms with Crippen LogP contribution < -0.4 is 5.43 Å². The zero-order valence-corrected chi connectivity index (χ0v) is 14.7.